The molecule has 6 heteroatoms. The number of aromatic nitrogens is 1. The highest BCUT2D eigenvalue weighted by Gasteiger charge is 2.39. The van der Waals surface area contributed by atoms with Crippen LogP contribution in [0.5, 0.6) is 0 Å². The third-order valence-corrected chi connectivity index (χ3v) is 4.79. The van der Waals surface area contributed by atoms with Crippen LogP contribution in [0, 0.1) is 0 Å². The third-order valence-electron chi connectivity index (χ3n) is 3.92. The van der Waals surface area contributed by atoms with Crippen molar-refractivity contribution in [2.45, 2.75) is 37.5 Å². The van der Waals surface area contributed by atoms with E-state index in [2.05, 4.69) is 42.3 Å². The quantitative estimate of drug-likeness (QED) is 0.613. The number of ether oxygens (including phenoxy) is 1. The van der Waals surface area contributed by atoms with E-state index >= 15 is 0 Å². The number of halogens is 1. The fourth-order valence-electron chi connectivity index (χ4n) is 2.90. The maximum Gasteiger partial charge on any atom is 0.132 e. The predicted molar refractivity (Wildman–Crippen MR) is 85.8 cm³/mol. The molecule has 1 aliphatic heterocycles. The fraction of sp³-hybridized carbons (Fsp3) is 0.643. The number of aliphatic hydroxyl groups is 1. The van der Waals surface area contributed by atoms with Gasteiger partial charge in [-0.1, -0.05) is 6.07 Å². The Labute approximate surface area is 133 Å². The van der Waals surface area contributed by atoms with Gasteiger partial charge in [-0.2, -0.15) is 0 Å². The second-order valence-electron chi connectivity index (χ2n) is 5.92. The van der Waals surface area contributed by atoms with Gasteiger partial charge in [0.15, 0.2) is 0 Å². The summed E-state index contributed by atoms with van der Waals surface area (Å²) >= 11 is 2.34. The minimum Gasteiger partial charge on any atom is -0.390 e. The van der Waals surface area contributed by atoms with Gasteiger partial charge in [0.1, 0.15) is 5.82 Å². The maximum absolute atomic E-state index is 9.82. The molecule has 1 saturated carbocycles. The van der Waals surface area contributed by atoms with Crippen LogP contribution >= 0.6 is 22.9 Å². The van der Waals surface area contributed by atoms with Gasteiger partial charge < -0.3 is 15.2 Å². The van der Waals surface area contributed by atoms with Crippen LogP contribution in [0.4, 0.5) is 5.82 Å². The van der Waals surface area contributed by atoms with Gasteiger partial charge in [-0.3, -0.25) is 0 Å². The van der Waals surface area contributed by atoms with E-state index in [1.165, 1.54) is 0 Å². The molecule has 1 aliphatic carbocycles. The van der Waals surface area contributed by atoms with E-state index in [1.54, 1.807) is 6.20 Å². The van der Waals surface area contributed by atoms with Crippen LogP contribution in [-0.2, 0) is 4.74 Å². The summed E-state index contributed by atoms with van der Waals surface area (Å²) in [5.41, 5.74) is 0.591. The minimum atomic E-state index is -0.521. The van der Waals surface area contributed by atoms with Gasteiger partial charge >= 0.3 is 0 Å². The second kappa shape index (κ2) is 5.75. The lowest BCUT2D eigenvalue weighted by Crippen LogP contribution is -2.48. The van der Waals surface area contributed by atoms with Crippen LogP contribution in [0.15, 0.2) is 18.3 Å². The van der Waals surface area contributed by atoms with Crippen LogP contribution < -0.4 is 5.32 Å². The van der Waals surface area contributed by atoms with Crippen molar-refractivity contribution >= 4 is 28.7 Å². The first-order valence-corrected chi connectivity index (χ1v) is 7.96. The predicted octanol–water partition coefficient (Wildman–Crippen LogP) is 2.13. The van der Waals surface area contributed by atoms with Crippen LogP contribution in [0.2, 0.25) is 0 Å². The average Bonchev–Trinajstić information content (AvgIpc) is 2.37. The summed E-state index contributed by atoms with van der Waals surface area (Å²) in [7, 11) is 0. The van der Waals surface area contributed by atoms with Gasteiger partial charge in [0, 0.05) is 53.8 Å². The highest BCUT2D eigenvalue weighted by molar-refractivity contribution is 14.1. The van der Waals surface area contributed by atoms with Crippen molar-refractivity contribution in [1.82, 2.24) is 8.10 Å². The molecule has 1 unspecified atom stereocenters. The van der Waals surface area contributed by atoms with E-state index in [0.29, 0.717) is 6.04 Å². The Morgan fingerprint density at radius 3 is 3.05 bits per heavy atom. The molecular formula is C14H20IN3O2. The molecule has 1 atom stereocenters. The van der Waals surface area contributed by atoms with E-state index in [0.717, 1.165) is 43.9 Å². The van der Waals surface area contributed by atoms with Crippen molar-refractivity contribution in [2.75, 3.05) is 25.0 Å². The second-order valence-corrected chi connectivity index (χ2v) is 7.28. The molecule has 2 N–H and O–H groups in total. The van der Waals surface area contributed by atoms with Gasteiger partial charge in [-0.15, -0.1) is 0 Å². The van der Waals surface area contributed by atoms with E-state index in [9.17, 15) is 5.11 Å². The molecule has 0 bridgehead atoms. The van der Waals surface area contributed by atoms with Gasteiger partial charge in [-0.05, 0) is 25.8 Å². The Kier molecular flexibility index (Phi) is 4.16. The lowest BCUT2D eigenvalue weighted by molar-refractivity contribution is -0.0237. The molecular weight excluding hydrogens is 369 g/mol. The number of nitrogens with one attached hydrogen (secondary N) is 1. The van der Waals surface area contributed by atoms with Crippen molar-refractivity contribution in [3.05, 3.63) is 23.9 Å². The third kappa shape index (κ3) is 3.24. The topological polar surface area (TPSA) is 57.6 Å². The molecule has 2 heterocycles. The fourth-order valence-corrected chi connectivity index (χ4v) is 3.46. The molecule has 1 saturated heterocycles. The van der Waals surface area contributed by atoms with Crippen molar-refractivity contribution in [1.29, 1.82) is 0 Å². The summed E-state index contributed by atoms with van der Waals surface area (Å²) < 4.78 is 8.12. The molecule has 2 aliphatic rings. The van der Waals surface area contributed by atoms with Gasteiger partial charge in [0.25, 0.3) is 0 Å². The van der Waals surface area contributed by atoms with E-state index in [4.69, 9.17) is 4.74 Å². The molecule has 0 spiro atoms. The number of rotatable bonds is 3. The first kappa shape index (κ1) is 14.5. The molecule has 0 radical (unpaired) electrons. The number of nitrogens with zero attached hydrogens (tertiary/aromatic N) is 2. The summed E-state index contributed by atoms with van der Waals surface area (Å²) in [5, 5.41) is 13.3. The molecule has 1 aromatic heterocycles. The van der Waals surface area contributed by atoms with E-state index in [-0.39, 0.29) is 6.10 Å². The number of morpholine rings is 1. The maximum atomic E-state index is 9.82. The average molecular weight is 389 g/mol. The summed E-state index contributed by atoms with van der Waals surface area (Å²) in [5.74, 6) is 0.893. The lowest BCUT2D eigenvalue weighted by Gasteiger charge is -2.42. The van der Waals surface area contributed by atoms with Crippen molar-refractivity contribution < 1.29 is 9.84 Å². The largest absolute Gasteiger partial charge is 0.390 e. The minimum absolute atomic E-state index is 0.0671. The normalized spacial score (nSPS) is 34.5. The molecule has 0 amide bonds. The molecule has 5 nitrogen and oxygen atoms in total. The standard InChI is InChI=1S/C14H20IN3O2/c1-14(19)7-10(8-14)17-13-11(3-2-4-16-13)12-9-18(15)5-6-20-12/h2-4,10,12,19H,5-9H2,1H3,(H,16,17). The Morgan fingerprint density at radius 1 is 1.55 bits per heavy atom. The Hall–Kier alpha value is -0.440. The highest BCUT2D eigenvalue weighted by atomic mass is 127. The van der Waals surface area contributed by atoms with Gasteiger partial charge in [-0.25, -0.2) is 8.10 Å². The molecule has 1 aromatic rings. The molecule has 2 fully saturated rings. The van der Waals surface area contributed by atoms with Crippen LogP contribution in [0.1, 0.15) is 31.4 Å². The first-order valence-electron chi connectivity index (χ1n) is 7.00. The van der Waals surface area contributed by atoms with E-state index < -0.39 is 5.60 Å². The van der Waals surface area contributed by atoms with Crippen molar-refractivity contribution in [2.24, 2.45) is 0 Å². The van der Waals surface area contributed by atoms with Gasteiger partial charge in [0.2, 0.25) is 0 Å². The summed E-state index contributed by atoms with van der Waals surface area (Å²) in [6.45, 7) is 4.47. The monoisotopic (exact) mass is 389 g/mol. The number of hydrogen-bond donors (Lipinski definition) is 2. The van der Waals surface area contributed by atoms with Crippen molar-refractivity contribution in [3.63, 3.8) is 0 Å². The number of anilines is 1. The summed E-state index contributed by atoms with van der Waals surface area (Å²) in [4.78, 5) is 4.45. The van der Waals surface area contributed by atoms with Crippen LogP contribution in [0.3, 0.4) is 0 Å². The van der Waals surface area contributed by atoms with Crippen molar-refractivity contribution in [3.8, 4) is 0 Å². The Balaban J connectivity index is 1.71. The SMILES string of the molecule is CC1(O)CC(Nc2ncccc2C2CN(I)CCO2)C1. The Bertz CT molecular complexity index is 475. The zero-order valence-corrected chi connectivity index (χ0v) is 13.7. The Morgan fingerprint density at radius 2 is 2.35 bits per heavy atom. The van der Waals surface area contributed by atoms with E-state index in [1.807, 2.05) is 13.0 Å². The molecule has 20 heavy (non-hydrogen) atoms. The molecule has 0 aromatic carbocycles. The lowest BCUT2D eigenvalue weighted by atomic mass is 9.77. The molecule has 110 valence electrons. The zero-order valence-electron chi connectivity index (χ0n) is 11.6. The number of pyridine rings is 1. The van der Waals surface area contributed by atoms with Crippen LogP contribution in [0.25, 0.3) is 0 Å². The smallest absolute Gasteiger partial charge is 0.132 e. The van der Waals surface area contributed by atoms with Crippen LogP contribution in [-0.4, -0.2) is 44.5 Å². The summed E-state index contributed by atoms with van der Waals surface area (Å²) in [6.07, 6.45) is 3.41. The summed E-state index contributed by atoms with van der Waals surface area (Å²) in [6, 6.07) is 4.33. The first-order chi connectivity index (χ1) is 9.53. The van der Waals surface area contributed by atoms with Gasteiger partial charge in [0.05, 0.1) is 18.3 Å². The molecule has 3 rings (SSSR count). The number of hydrogen-bond acceptors (Lipinski definition) is 5. The highest BCUT2D eigenvalue weighted by Crippen LogP contribution is 2.35. The zero-order chi connectivity index (χ0) is 14.2.